The van der Waals surface area contributed by atoms with E-state index in [0.29, 0.717) is 17.3 Å². The van der Waals surface area contributed by atoms with Gasteiger partial charge in [0.1, 0.15) is 0 Å². The molecule has 2 fully saturated rings. The lowest BCUT2D eigenvalue weighted by molar-refractivity contribution is 0.197. The second kappa shape index (κ2) is 4.39. The number of hydrogen-bond acceptors (Lipinski definition) is 4. The van der Waals surface area contributed by atoms with Gasteiger partial charge in [-0.3, -0.25) is 4.79 Å². The average Bonchev–Trinajstić information content (AvgIpc) is 2.73. The monoisotopic (exact) mass is 247 g/mol. The zero-order valence-electron chi connectivity index (χ0n) is 10.5. The fraction of sp³-hybridized carbons (Fsp3) is 0.692. The summed E-state index contributed by atoms with van der Waals surface area (Å²) >= 11 is 0. The van der Waals surface area contributed by atoms with Crippen molar-refractivity contribution in [2.45, 2.75) is 38.1 Å². The van der Waals surface area contributed by atoms with Crippen LogP contribution < -0.4 is 16.2 Å². The normalized spacial score (nSPS) is 26.7. The molecule has 1 aliphatic carbocycles. The predicted octanol–water partition coefficient (Wildman–Crippen LogP) is 0.668. The van der Waals surface area contributed by atoms with Gasteiger partial charge in [-0.15, -0.1) is 0 Å². The minimum absolute atomic E-state index is 0.149. The Morgan fingerprint density at radius 2 is 2.22 bits per heavy atom. The van der Waals surface area contributed by atoms with E-state index >= 15 is 0 Å². The van der Waals surface area contributed by atoms with Crippen molar-refractivity contribution in [3.8, 4) is 0 Å². The van der Waals surface area contributed by atoms with Gasteiger partial charge in [0.25, 0.3) is 5.56 Å². The van der Waals surface area contributed by atoms with Crippen molar-refractivity contribution >= 4 is 5.82 Å². The maximum Gasteiger partial charge on any atom is 0.291 e. The molecule has 1 spiro atoms. The number of nitrogens with zero attached hydrogens (tertiary/aromatic N) is 2. The molecule has 1 atom stereocenters. The van der Waals surface area contributed by atoms with Crippen LogP contribution in [0.4, 0.5) is 5.82 Å². The summed E-state index contributed by atoms with van der Waals surface area (Å²) in [7, 11) is 0. The Hall–Kier alpha value is -1.36. The summed E-state index contributed by atoms with van der Waals surface area (Å²) in [6.07, 6.45) is 9.92. The quantitative estimate of drug-likeness (QED) is 0.765. The molecule has 1 saturated carbocycles. The number of piperidine rings is 1. The Bertz CT molecular complexity index is 476. The number of nitrogens with one attached hydrogen (secondary N) is 1. The number of H-pyrrole nitrogens is 1. The Balaban J connectivity index is 1.74. The van der Waals surface area contributed by atoms with Crippen molar-refractivity contribution in [1.29, 1.82) is 0 Å². The van der Waals surface area contributed by atoms with Gasteiger partial charge in [0.15, 0.2) is 5.82 Å². The molecule has 1 aromatic rings. The van der Waals surface area contributed by atoms with Crippen LogP contribution in [0.5, 0.6) is 0 Å². The third kappa shape index (κ3) is 1.82. The average molecular weight is 247 g/mol. The van der Waals surface area contributed by atoms with Gasteiger partial charge in [-0.05, 0) is 31.1 Å². The molecule has 97 valence electrons. The van der Waals surface area contributed by atoms with E-state index in [-0.39, 0.29) is 5.56 Å². The molecule has 0 unspecified atom stereocenters. The molecule has 3 N–H and O–H groups in total. The van der Waals surface area contributed by atoms with Crippen LogP contribution in [0.15, 0.2) is 11.0 Å². The number of nitrogens with two attached hydrogens (primary N) is 1. The molecule has 2 heterocycles. The number of anilines is 1. The summed E-state index contributed by atoms with van der Waals surface area (Å²) in [6, 6.07) is 0.343. The van der Waals surface area contributed by atoms with Crippen molar-refractivity contribution in [1.82, 2.24) is 9.97 Å². The summed E-state index contributed by atoms with van der Waals surface area (Å²) in [6.45, 7) is 1.77. The van der Waals surface area contributed by atoms with Crippen LogP contribution in [-0.2, 0) is 0 Å². The lowest BCUT2D eigenvalue weighted by atomic mass is 9.74. The highest BCUT2D eigenvalue weighted by atomic mass is 16.1. The van der Waals surface area contributed by atoms with Crippen molar-refractivity contribution in [3.05, 3.63) is 22.7 Å². The van der Waals surface area contributed by atoms with Gasteiger partial charge in [-0.1, -0.05) is 6.42 Å². The Morgan fingerprint density at radius 3 is 2.83 bits per heavy atom. The van der Waals surface area contributed by atoms with Crippen LogP contribution in [0, 0.1) is 11.6 Å². The van der Waals surface area contributed by atoms with Gasteiger partial charge < -0.3 is 15.6 Å². The van der Waals surface area contributed by atoms with E-state index in [1.54, 1.807) is 0 Å². The first kappa shape index (κ1) is 11.7. The van der Waals surface area contributed by atoms with E-state index < -0.39 is 0 Å². The van der Waals surface area contributed by atoms with Crippen LogP contribution in [0.2, 0.25) is 0 Å². The number of hydrogen-bond donors (Lipinski definition) is 2. The van der Waals surface area contributed by atoms with Crippen LogP contribution in [0.1, 0.15) is 32.1 Å². The van der Waals surface area contributed by atoms with E-state index in [1.165, 1.54) is 19.0 Å². The standard InChI is InChI=1S/C13H19N4O/c14-10-2-1-3-13(10)4-8-17(9-5-13)11-12(18)16-7-6-15-11/h6,10H,1-5,8-9,14H2,(H,16,18)/t10-/m1/s1. The maximum absolute atomic E-state index is 11.7. The molecule has 18 heavy (non-hydrogen) atoms. The fourth-order valence-electron chi connectivity index (χ4n) is 3.48. The molecule has 0 amide bonds. The summed E-state index contributed by atoms with van der Waals surface area (Å²) < 4.78 is 0. The SMILES string of the molecule is N[C@@H]1CCCC12CCN(c1nc[c][nH]c1=O)CC2. The minimum Gasteiger partial charge on any atom is -0.352 e. The Morgan fingerprint density at radius 1 is 1.44 bits per heavy atom. The van der Waals surface area contributed by atoms with Crippen molar-refractivity contribution in [2.24, 2.45) is 11.1 Å². The van der Waals surface area contributed by atoms with E-state index in [1.807, 2.05) is 0 Å². The first-order chi connectivity index (χ1) is 8.71. The molecule has 0 aromatic carbocycles. The second-order valence-electron chi connectivity index (χ2n) is 5.53. The molecule has 1 aliphatic heterocycles. The third-order valence-corrected chi connectivity index (χ3v) is 4.68. The van der Waals surface area contributed by atoms with Gasteiger partial charge in [-0.25, -0.2) is 4.98 Å². The van der Waals surface area contributed by atoms with Crippen LogP contribution in [0.25, 0.3) is 0 Å². The first-order valence-corrected chi connectivity index (χ1v) is 6.67. The van der Waals surface area contributed by atoms with Crippen LogP contribution >= 0.6 is 0 Å². The molecule has 1 radical (unpaired) electrons. The summed E-state index contributed by atoms with van der Waals surface area (Å²) in [4.78, 5) is 20.4. The highest BCUT2D eigenvalue weighted by Gasteiger charge is 2.43. The molecule has 5 nitrogen and oxygen atoms in total. The van der Waals surface area contributed by atoms with E-state index in [2.05, 4.69) is 21.1 Å². The molecular weight excluding hydrogens is 228 g/mol. The smallest absolute Gasteiger partial charge is 0.291 e. The van der Waals surface area contributed by atoms with E-state index in [0.717, 1.165) is 32.4 Å². The van der Waals surface area contributed by atoms with Crippen molar-refractivity contribution in [3.63, 3.8) is 0 Å². The van der Waals surface area contributed by atoms with E-state index in [9.17, 15) is 4.79 Å². The Labute approximate surface area is 106 Å². The minimum atomic E-state index is -0.149. The number of rotatable bonds is 1. The lowest BCUT2D eigenvalue weighted by Crippen LogP contribution is -2.48. The summed E-state index contributed by atoms with van der Waals surface area (Å²) in [5.74, 6) is 0.523. The second-order valence-corrected chi connectivity index (χ2v) is 5.53. The van der Waals surface area contributed by atoms with Gasteiger partial charge in [0, 0.05) is 19.1 Å². The lowest BCUT2D eigenvalue weighted by Gasteiger charge is -2.42. The van der Waals surface area contributed by atoms with Gasteiger partial charge >= 0.3 is 0 Å². The summed E-state index contributed by atoms with van der Waals surface area (Å²) in [5.41, 5.74) is 6.43. The predicted molar refractivity (Wildman–Crippen MR) is 69.4 cm³/mol. The highest BCUT2D eigenvalue weighted by molar-refractivity contribution is 5.36. The van der Waals surface area contributed by atoms with Gasteiger partial charge in [-0.2, -0.15) is 0 Å². The van der Waals surface area contributed by atoms with E-state index in [4.69, 9.17) is 5.73 Å². The first-order valence-electron chi connectivity index (χ1n) is 6.67. The molecule has 0 bridgehead atoms. The Kier molecular flexibility index (Phi) is 2.86. The zero-order valence-corrected chi connectivity index (χ0v) is 10.5. The largest absolute Gasteiger partial charge is 0.352 e. The molecule has 3 rings (SSSR count). The molecular formula is C13H19N4O. The van der Waals surface area contributed by atoms with Gasteiger partial charge in [0.2, 0.25) is 0 Å². The van der Waals surface area contributed by atoms with Crippen LogP contribution in [-0.4, -0.2) is 29.1 Å². The number of aromatic amines is 1. The van der Waals surface area contributed by atoms with Crippen molar-refractivity contribution < 1.29 is 0 Å². The van der Waals surface area contributed by atoms with Gasteiger partial charge in [0.05, 0.1) is 12.4 Å². The fourth-order valence-corrected chi connectivity index (χ4v) is 3.48. The molecule has 2 aliphatic rings. The molecule has 5 heteroatoms. The highest BCUT2D eigenvalue weighted by Crippen LogP contribution is 2.45. The molecule has 1 aromatic heterocycles. The zero-order chi connectivity index (χ0) is 12.6. The third-order valence-electron chi connectivity index (χ3n) is 4.68. The van der Waals surface area contributed by atoms with Crippen molar-refractivity contribution in [2.75, 3.05) is 18.0 Å². The summed E-state index contributed by atoms with van der Waals surface area (Å²) in [5, 5.41) is 0. The maximum atomic E-state index is 11.7. The van der Waals surface area contributed by atoms with Crippen LogP contribution in [0.3, 0.4) is 0 Å². The molecule has 1 saturated heterocycles. The topological polar surface area (TPSA) is 75.0 Å². The number of aromatic nitrogens is 2.